The number of rotatable bonds is 6. The van der Waals surface area contributed by atoms with Gasteiger partial charge in [-0.15, -0.1) is 0 Å². The molecule has 0 aromatic heterocycles. The van der Waals surface area contributed by atoms with Crippen molar-refractivity contribution in [1.82, 2.24) is 0 Å². The second-order valence-corrected chi connectivity index (χ2v) is 13.2. The van der Waals surface area contributed by atoms with Crippen LogP contribution >= 0.6 is 0 Å². The van der Waals surface area contributed by atoms with Gasteiger partial charge in [-0.3, -0.25) is 0 Å². The molecule has 4 nitrogen and oxygen atoms in total. The molecule has 0 saturated heterocycles. The van der Waals surface area contributed by atoms with Crippen molar-refractivity contribution < 1.29 is 20.4 Å². The van der Waals surface area contributed by atoms with Gasteiger partial charge in [-0.1, -0.05) is 54.0 Å². The molecule has 3 fully saturated rings. The van der Waals surface area contributed by atoms with Crippen molar-refractivity contribution in [2.24, 2.45) is 52.3 Å². The van der Waals surface area contributed by atoms with Gasteiger partial charge in [0.05, 0.1) is 18.3 Å². The maximum absolute atomic E-state index is 11.4. The number of aliphatic hydroxyl groups excluding tert-OH is 4. The van der Waals surface area contributed by atoms with Crippen LogP contribution in [-0.2, 0) is 0 Å². The predicted octanol–water partition coefficient (Wildman–Crippen LogP) is 4.94. The fraction of sp³-hybridized carbons (Fsp3) is 0.931. The molecule has 0 aromatic carbocycles. The average Bonchev–Trinajstić information content (AvgIpc) is 3.12. The molecule has 4 aliphatic rings. The Hall–Kier alpha value is -0.420. The lowest BCUT2D eigenvalue weighted by molar-refractivity contribution is -0.116. The van der Waals surface area contributed by atoms with E-state index < -0.39 is 18.3 Å². The van der Waals surface area contributed by atoms with E-state index in [0.29, 0.717) is 36.0 Å². The van der Waals surface area contributed by atoms with Gasteiger partial charge in [0.25, 0.3) is 0 Å². The third-order valence-corrected chi connectivity index (χ3v) is 11.5. The molecule has 0 spiro atoms. The maximum atomic E-state index is 11.4. The lowest BCUT2D eigenvalue weighted by Gasteiger charge is -2.60. The first-order valence-corrected chi connectivity index (χ1v) is 13.9. The van der Waals surface area contributed by atoms with Crippen LogP contribution in [0.25, 0.3) is 0 Å². The normalized spacial score (nSPS) is 47.8. The van der Waals surface area contributed by atoms with Crippen molar-refractivity contribution in [3.8, 4) is 0 Å². The summed E-state index contributed by atoms with van der Waals surface area (Å²) in [6.07, 6.45) is 7.57. The minimum atomic E-state index is -0.841. The molecule has 33 heavy (non-hydrogen) atoms. The highest BCUT2D eigenvalue weighted by Gasteiger charge is 2.62. The van der Waals surface area contributed by atoms with E-state index in [1.54, 1.807) is 0 Å². The summed E-state index contributed by atoms with van der Waals surface area (Å²) in [4.78, 5) is 0. The van der Waals surface area contributed by atoms with Crippen molar-refractivity contribution >= 4 is 0 Å². The van der Waals surface area contributed by atoms with Crippen LogP contribution in [0.3, 0.4) is 0 Å². The lowest BCUT2D eigenvalue weighted by atomic mass is 9.46. The van der Waals surface area contributed by atoms with Gasteiger partial charge in [-0.25, -0.2) is 0 Å². The van der Waals surface area contributed by atoms with Crippen molar-refractivity contribution in [2.45, 2.75) is 117 Å². The molecule has 4 N–H and O–H groups in total. The van der Waals surface area contributed by atoms with Crippen LogP contribution in [-0.4, -0.2) is 44.8 Å². The van der Waals surface area contributed by atoms with Crippen LogP contribution < -0.4 is 0 Å². The Morgan fingerprint density at radius 2 is 1.67 bits per heavy atom. The molecule has 190 valence electrons. The van der Waals surface area contributed by atoms with Gasteiger partial charge < -0.3 is 20.4 Å². The monoisotopic (exact) mass is 462 g/mol. The Kier molecular flexibility index (Phi) is 7.17. The van der Waals surface area contributed by atoms with Gasteiger partial charge in [0, 0.05) is 0 Å². The second kappa shape index (κ2) is 9.22. The van der Waals surface area contributed by atoms with Crippen LogP contribution in [0.4, 0.5) is 0 Å². The molecule has 0 amide bonds. The second-order valence-electron chi connectivity index (χ2n) is 13.2. The smallest absolute Gasteiger partial charge is 0.101 e. The Labute approximate surface area is 201 Å². The van der Waals surface area contributed by atoms with E-state index in [0.717, 1.165) is 50.5 Å². The predicted molar refractivity (Wildman–Crippen MR) is 132 cm³/mol. The van der Waals surface area contributed by atoms with E-state index in [1.165, 1.54) is 0 Å². The number of hydrogen-bond donors (Lipinski definition) is 4. The molecule has 4 heteroatoms. The Balaban J connectivity index is 1.57. The Morgan fingerprint density at radius 3 is 2.30 bits per heavy atom. The first-order valence-electron chi connectivity index (χ1n) is 13.9. The molecule has 0 aliphatic heterocycles. The highest BCUT2D eigenvalue weighted by molar-refractivity contribution is 5.31. The van der Waals surface area contributed by atoms with Crippen LogP contribution in [0, 0.1) is 52.3 Å². The molecule has 3 saturated carbocycles. The molecule has 12 unspecified atom stereocenters. The van der Waals surface area contributed by atoms with Gasteiger partial charge in [-0.2, -0.15) is 0 Å². The Morgan fingerprint density at radius 1 is 0.970 bits per heavy atom. The fourth-order valence-corrected chi connectivity index (χ4v) is 9.30. The lowest BCUT2D eigenvalue weighted by Crippen LogP contribution is -2.57. The van der Waals surface area contributed by atoms with E-state index in [4.69, 9.17) is 0 Å². The fourth-order valence-electron chi connectivity index (χ4n) is 9.30. The topological polar surface area (TPSA) is 80.9 Å². The molecular formula is C29H50O4. The van der Waals surface area contributed by atoms with Crippen molar-refractivity contribution in [2.75, 3.05) is 0 Å². The summed E-state index contributed by atoms with van der Waals surface area (Å²) in [6, 6.07) is 0. The van der Waals surface area contributed by atoms with E-state index in [-0.39, 0.29) is 28.8 Å². The van der Waals surface area contributed by atoms with Crippen LogP contribution in [0.5, 0.6) is 0 Å². The van der Waals surface area contributed by atoms with Gasteiger partial charge >= 0.3 is 0 Å². The first-order chi connectivity index (χ1) is 15.5. The standard InChI is InChI=1S/C29H50O4/c1-7-18(16(2)3)14-24(31)17(4)19-8-9-20-26-21(10-12-28(19,20)5)29(6)13-11-23(30)27(33)22(29)15-25(26)32/h15-21,23-27,30-33H,7-14H2,1-6H3. The zero-order valence-electron chi connectivity index (χ0n) is 21.9. The van der Waals surface area contributed by atoms with Crippen LogP contribution in [0.1, 0.15) is 92.9 Å². The number of fused-ring (bicyclic) bond motifs is 5. The van der Waals surface area contributed by atoms with Gasteiger partial charge in [-0.05, 0) is 103 Å². The molecule has 0 aromatic rings. The molecule has 4 aliphatic carbocycles. The highest BCUT2D eigenvalue weighted by atomic mass is 16.3. The van der Waals surface area contributed by atoms with Crippen LogP contribution in [0.2, 0.25) is 0 Å². The number of hydrogen-bond acceptors (Lipinski definition) is 4. The summed E-state index contributed by atoms with van der Waals surface area (Å²) < 4.78 is 0. The number of aliphatic hydroxyl groups is 4. The quantitative estimate of drug-likeness (QED) is 0.422. The summed E-state index contributed by atoms with van der Waals surface area (Å²) in [5.41, 5.74) is 0.909. The molecular weight excluding hydrogens is 412 g/mol. The third kappa shape index (κ3) is 4.05. The van der Waals surface area contributed by atoms with Gasteiger partial charge in [0.2, 0.25) is 0 Å². The van der Waals surface area contributed by atoms with E-state index in [2.05, 4.69) is 41.5 Å². The van der Waals surface area contributed by atoms with Crippen molar-refractivity contribution in [3.63, 3.8) is 0 Å². The minimum absolute atomic E-state index is 0.126. The van der Waals surface area contributed by atoms with Crippen LogP contribution in [0.15, 0.2) is 11.6 Å². The zero-order chi connectivity index (χ0) is 24.3. The van der Waals surface area contributed by atoms with Crippen molar-refractivity contribution in [1.29, 1.82) is 0 Å². The summed E-state index contributed by atoms with van der Waals surface area (Å²) in [6.45, 7) is 13.8. The maximum Gasteiger partial charge on any atom is 0.101 e. The highest BCUT2D eigenvalue weighted by Crippen LogP contribution is 2.67. The Bertz CT molecular complexity index is 733. The van der Waals surface area contributed by atoms with Crippen molar-refractivity contribution in [3.05, 3.63) is 11.6 Å². The summed E-state index contributed by atoms with van der Waals surface area (Å²) in [5.74, 6) is 2.97. The van der Waals surface area contributed by atoms with Gasteiger partial charge in [0.15, 0.2) is 0 Å². The van der Waals surface area contributed by atoms with Gasteiger partial charge in [0.1, 0.15) is 6.10 Å². The molecule has 0 heterocycles. The largest absolute Gasteiger partial charge is 0.393 e. The first kappa shape index (κ1) is 25.7. The molecule has 0 radical (unpaired) electrons. The third-order valence-electron chi connectivity index (χ3n) is 11.5. The average molecular weight is 463 g/mol. The van der Waals surface area contributed by atoms with E-state index >= 15 is 0 Å². The SMILES string of the molecule is CCC(CC(O)C(C)C1CCC2C3C(O)C=C4C(O)C(O)CCC4(C)C3CCC12C)C(C)C. The molecule has 4 rings (SSSR count). The molecule has 0 bridgehead atoms. The van der Waals surface area contributed by atoms with E-state index in [1.807, 2.05) is 6.08 Å². The summed E-state index contributed by atoms with van der Waals surface area (Å²) >= 11 is 0. The summed E-state index contributed by atoms with van der Waals surface area (Å²) in [5, 5.41) is 43.6. The minimum Gasteiger partial charge on any atom is -0.393 e. The molecule has 12 atom stereocenters. The zero-order valence-corrected chi connectivity index (χ0v) is 21.9. The summed E-state index contributed by atoms with van der Waals surface area (Å²) in [7, 11) is 0. The van der Waals surface area contributed by atoms with E-state index in [9.17, 15) is 20.4 Å².